The van der Waals surface area contributed by atoms with Gasteiger partial charge in [0.25, 0.3) is 0 Å². The normalized spacial score (nSPS) is 11.5. The number of hydrogen-bond donors (Lipinski definition) is 2. The molecule has 0 aliphatic heterocycles. The molecule has 0 unspecified atom stereocenters. The molecule has 1 aromatic carbocycles. The highest BCUT2D eigenvalue weighted by atomic mass is 35.5. The molecule has 17 heavy (non-hydrogen) atoms. The molecule has 0 atom stereocenters. The van der Waals surface area contributed by atoms with Crippen molar-refractivity contribution >= 4 is 17.5 Å². The third kappa shape index (κ3) is 4.62. The zero-order valence-corrected chi connectivity index (χ0v) is 9.40. The van der Waals surface area contributed by atoms with E-state index in [4.69, 9.17) is 17.3 Å². The molecule has 0 aliphatic carbocycles. The fraction of sp³-hybridized carbons (Fsp3) is 0.300. The first-order chi connectivity index (χ1) is 7.79. The van der Waals surface area contributed by atoms with E-state index in [1.165, 1.54) is 18.2 Å². The van der Waals surface area contributed by atoms with Crippen LogP contribution in [-0.2, 0) is 6.54 Å². The third-order valence-corrected chi connectivity index (χ3v) is 2.28. The summed E-state index contributed by atoms with van der Waals surface area (Å²) in [4.78, 5) is 10.9. The number of halogens is 4. The summed E-state index contributed by atoms with van der Waals surface area (Å²) in [5.74, 6) is -0.715. The minimum atomic E-state index is -4.26. The lowest BCUT2D eigenvalue weighted by Gasteiger charge is -2.09. The van der Waals surface area contributed by atoms with Crippen molar-refractivity contribution in [2.45, 2.75) is 12.7 Å². The summed E-state index contributed by atoms with van der Waals surface area (Å²) in [7, 11) is 0. The van der Waals surface area contributed by atoms with Gasteiger partial charge in [0.05, 0.1) is 17.1 Å². The van der Waals surface area contributed by atoms with Crippen molar-refractivity contribution in [1.29, 1.82) is 0 Å². The molecule has 0 spiro atoms. The number of rotatable bonds is 4. The first-order valence-corrected chi connectivity index (χ1v) is 5.03. The molecule has 0 bridgehead atoms. The summed E-state index contributed by atoms with van der Waals surface area (Å²) >= 11 is 5.70. The van der Waals surface area contributed by atoms with E-state index in [0.29, 0.717) is 5.56 Å². The summed E-state index contributed by atoms with van der Waals surface area (Å²) < 4.78 is 35.6. The Morgan fingerprint density at radius 1 is 1.41 bits per heavy atom. The number of amides is 1. The minimum Gasteiger partial charge on any atom is -0.366 e. The highest BCUT2D eigenvalue weighted by molar-refractivity contribution is 6.33. The largest absolute Gasteiger partial charge is 0.401 e. The second-order valence-corrected chi connectivity index (χ2v) is 3.80. The van der Waals surface area contributed by atoms with Crippen LogP contribution in [0.2, 0.25) is 5.02 Å². The average Bonchev–Trinajstić information content (AvgIpc) is 2.18. The zero-order valence-electron chi connectivity index (χ0n) is 8.64. The van der Waals surface area contributed by atoms with Crippen LogP contribution in [0.25, 0.3) is 0 Å². The van der Waals surface area contributed by atoms with Crippen molar-refractivity contribution < 1.29 is 18.0 Å². The van der Waals surface area contributed by atoms with E-state index in [0.717, 1.165) is 0 Å². The summed E-state index contributed by atoms with van der Waals surface area (Å²) in [6.07, 6.45) is -4.26. The highest BCUT2D eigenvalue weighted by Crippen LogP contribution is 2.17. The van der Waals surface area contributed by atoms with E-state index in [1.807, 2.05) is 0 Å². The van der Waals surface area contributed by atoms with E-state index in [1.54, 1.807) is 0 Å². The van der Waals surface area contributed by atoms with Gasteiger partial charge in [0, 0.05) is 6.54 Å². The maximum atomic E-state index is 11.9. The van der Waals surface area contributed by atoms with Crippen LogP contribution in [0.3, 0.4) is 0 Å². The predicted octanol–water partition coefficient (Wildman–Crippen LogP) is 2.09. The lowest BCUT2D eigenvalue weighted by atomic mass is 10.1. The standard InChI is InChI=1S/C10H10ClF3N2O/c11-8-2-1-6(3-7(8)9(15)17)4-16-5-10(12,13)14/h1-3,16H,4-5H2,(H2,15,17). The Labute approximate surface area is 101 Å². The van der Waals surface area contributed by atoms with Crippen LogP contribution in [0.15, 0.2) is 18.2 Å². The number of hydrogen-bond acceptors (Lipinski definition) is 2. The van der Waals surface area contributed by atoms with Crippen LogP contribution < -0.4 is 11.1 Å². The van der Waals surface area contributed by atoms with Crippen molar-refractivity contribution in [3.05, 3.63) is 34.3 Å². The van der Waals surface area contributed by atoms with E-state index >= 15 is 0 Å². The SMILES string of the molecule is NC(=O)c1cc(CNCC(F)(F)F)ccc1Cl. The molecule has 3 N–H and O–H groups in total. The van der Waals surface area contributed by atoms with Gasteiger partial charge in [0.1, 0.15) is 0 Å². The van der Waals surface area contributed by atoms with Gasteiger partial charge in [-0.1, -0.05) is 17.7 Å². The zero-order chi connectivity index (χ0) is 13.1. The van der Waals surface area contributed by atoms with Crippen LogP contribution in [-0.4, -0.2) is 18.6 Å². The third-order valence-electron chi connectivity index (χ3n) is 1.95. The van der Waals surface area contributed by atoms with Gasteiger partial charge in [-0.25, -0.2) is 0 Å². The Hall–Kier alpha value is -1.27. The van der Waals surface area contributed by atoms with Gasteiger partial charge in [-0.05, 0) is 17.7 Å². The second kappa shape index (κ2) is 5.37. The van der Waals surface area contributed by atoms with E-state index in [9.17, 15) is 18.0 Å². The van der Waals surface area contributed by atoms with Gasteiger partial charge in [-0.15, -0.1) is 0 Å². The number of nitrogens with one attached hydrogen (secondary N) is 1. The Bertz CT molecular complexity index is 421. The first-order valence-electron chi connectivity index (χ1n) is 4.65. The molecular formula is C10H10ClF3N2O. The Balaban J connectivity index is 2.67. The molecule has 0 fully saturated rings. The minimum absolute atomic E-state index is 0.0169. The smallest absolute Gasteiger partial charge is 0.366 e. The van der Waals surface area contributed by atoms with Gasteiger partial charge < -0.3 is 11.1 Å². The monoisotopic (exact) mass is 266 g/mol. The predicted molar refractivity (Wildman–Crippen MR) is 57.7 cm³/mol. The maximum absolute atomic E-state index is 11.9. The molecule has 1 amide bonds. The number of nitrogens with two attached hydrogens (primary N) is 1. The second-order valence-electron chi connectivity index (χ2n) is 3.40. The van der Waals surface area contributed by atoms with Crippen LogP contribution in [0.4, 0.5) is 13.2 Å². The van der Waals surface area contributed by atoms with Crippen molar-refractivity contribution in [2.24, 2.45) is 5.73 Å². The molecule has 0 saturated heterocycles. The lowest BCUT2D eigenvalue weighted by molar-refractivity contribution is -0.125. The van der Waals surface area contributed by atoms with Gasteiger partial charge in [-0.3, -0.25) is 4.79 Å². The van der Waals surface area contributed by atoms with Crippen molar-refractivity contribution in [1.82, 2.24) is 5.32 Å². The first kappa shape index (κ1) is 13.8. The molecule has 0 aliphatic rings. The number of alkyl halides is 3. The maximum Gasteiger partial charge on any atom is 0.401 e. The molecular weight excluding hydrogens is 257 g/mol. The molecule has 0 aromatic heterocycles. The summed E-state index contributed by atoms with van der Waals surface area (Å²) in [6.45, 7) is -1.11. The number of benzene rings is 1. The molecule has 3 nitrogen and oxygen atoms in total. The molecule has 7 heteroatoms. The van der Waals surface area contributed by atoms with Crippen LogP contribution in [0.5, 0.6) is 0 Å². The van der Waals surface area contributed by atoms with E-state index in [-0.39, 0.29) is 17.1 Å². The van der Waals surface area contributed by atoms with E-state index in [2.05, 4.69) is 5.32 Å². The molecule has 0 radical (unpaired) electrons. The van der Waals surface area contributed by atoms with Gasteiger partial charge in [-0.2, -0.15) is 13.2 Å². The highest BCUT2D eigenvalue weighted by Gasteiger charge is 2.26. The van der Waals surface area contributed by atoms with Crippen LogP contribution in [0, 0.1) is 0 Å². The number of carbonyl (C=O) groups is 1. The average molecular weight is 267 g/mol. The fourth-order valence-electron chi connectivity index (χ4n) is 1.22. The molecule has 94 valence electrons. The van der Waals surface area contributed by atoms with Gasteiger partial charge in [0.15, 0.2) is 0 Å². The Morgan fingerprint density at radius 2 is 2.06 bits per heavy atom. The number of primary amides is 1. The Morgan fingerprint density at radius 3 is 2.59 bits per heavy atom. The lowest BCUT2D eigenvalue weighted by Crippen LogP contribution is -2.28. The van der Waals surface area contributed by atoms with Crippen LogP contribution in [0.1, 0.15) is 15.9 Å². The fourth-order valence-corrected chi connectivity index (χ4v) is 1.43. The topological polar surface area (TPSA) is 55.1 Å². The van der Waals surface area contributed by atoms with E-state index < -0.39 is 18.6 Å². The number of carbonyl (C=O) groups excluding carboxylic acids is 1. The van der Waals surface area contributed by atoms with Gasteiger partial charge >= 0.3 is 6.18 Å². The van der Waals surface area contributed by atoms with Gasteiger partial charge in [0.2, 0.25) is 5.91 Å². The molecule has 0 saturated carbocycles. The molecule has 1 aromatic rings. The van der Waals surface area contributed by atoms with Crippen molar-refractivity contribution in [3.63, 3.8) is 0 Å². The Kier molecular flexibility index (Phi) is 4.36. The molecule has 0 heterocycles. The van der Waals surface area contributed by atoms with Crippen molar-refractivity contribution in [2.75, 3.05) is 6.54 Å². The summed E-state index contributed by atoms with van der Waals surface area (Å²) in [5.41, 5.74) is 5.66. The summed E-state index contributed by atoms with van der Waals surface area (Å²) in [5, 5.41) is 2.38. The van der Waals surface area contributed by atoms with Crippen molar-refractivity contribution in [3.8, 4) is 0 Å². The molecule has 1 rings (SSSR count). The summed E-state index contributed by atoms with van der Waals surface area (Å²) in [6, 6.07) is 4.32. The quantitative estimate of drug-likeness (QED) is 0.877. The van der Waals surface area contributed by atoms with Crippen LogP contribution >= 0.6 is 11.6 Å².